The molecule has 2 rings (SSSR count). The van der Waals surface area contributed by atoms with Gasteiger partial charge < -0.3 is 10.1 Å². The van der Waals surface area contributed by atoms with Crippen molar-refractivity contribution in [3.8, 4) is 0 Å². The molecule has 0 amide bonds. The zero-order valence-electron chi connectivity index (χ0n) is 7.26. The Balaban J connectivity index is 2.75. The summed E-state index contributed by atoms with van der Waals surface area (Å²) in [5.41, 5.74) is 2.46. The van der Waals surface area contributed by atoms with E-state index in [9.17, 15) is 4.39 Å². The van der Waals surface area contributed by atoms with Crippen molar-refractivity contribution < 1.29 is 9.50 Å². The fourth-order valence-corrected chi connectivity index (χ4v) is 1.52. The molecule has 1 aromatic carbocycles. The van der Waals surface area contributed by atoms with Crippen molar-refractivity contribution >= 4 is 10.9 Å². The van der Waals surface area contributed by atoms with Crippen molar-refractivity contribution in [3.05, 3.63) is 35.3 Å². The van der Waals surface area contributed by atoms with Crippen LogP contribution in [0.5, 0.6) is 0 Å². The van der Waals surface area contributed by atoms with Crippen LogP contribution in [0.1, 0.15) is 11.3 Å². The van der Waals surface area contributed by atoms with Gasteiger partial charge in [0.2, 0.25) is 0 Å². The molecule has 0 fully saturated rings. The first-order chi connectivity index (χ1) is 6.20. The van der Waals surface area contributed by atoms with E-state index in [0.717, 1.165) is 16.5 Å². The third-order valence-corrected chi connectivity index (χ3v) is 2.12. The summed E-state index contributed by atoms with van der Waals surface area (Å²) < 4.78 is 12.9. The minimum absolute atomic E-state index is 0.0459. The Morgan fingerprint density at radius 3 is 2.85 bits per heavy atom. The van der Waals surface area contributed by atoms with Gasteiger partial charge in [-0.05, 0) is 30.7 Å². The second-order valence-corrected chi connectivity index (χ2v) is 3.14. The second-order valence-electron chi connectivity index (χ2n) is 3.14. The first-order valence-corrected chi connectivity index (χ1v) is 4.09. The molecule has 0 spiro atoms. The molecule has 0 aliphatic heterocycles. The minimum atomic E-state index is -0.242. The van der Waals surface area contributed by atoms with Crippen molar-refractivity contribution in [1.82, 2.24) is 4.98 Å². The molecule has 1 aromatic heterocycles. The fraction of sp³-hybridized carbons (Fsp3) is 0.200. The zero-order chi connectivity index (χ0) is 9.42. The summed E-state index contributed by atoms with van der Waals surface area (Å²) in [5, 5.41) is 9.68. The van der Waals surface area contributed by atoms with Gasteiger partial charge in [-0.15, -0.1) is 0 Å². The third kappa shape index (κ3) is 1.31. The van der Waals surface area contributed by atoms with Crippen LogP contribution in [0.15, 0.2) is 18.2 Å². The topological polar surface area (TPSA) is 36.0 Å². The van der Waals surface area contributed by atoms with Gasteiger partial charge in [-0.25, -0.2) is 4.39 Å². The van der Waals surface area contributed by atoms with Gasteiger partial charge in [0.15, 0.2) is 0 Å². The average molecular weight is 179 g/mol. The lowest BCUT2D eigenvalue weighted by molar-refractivity contribution is 0.278. The lowest BCUT2D eigenvalue weighted by atomic mass is 10.1. The molecular weight excluding hydrogens is 169 g/mol. The van der Waals surface area contributed by atoms with E-state index in [1.165, 1.54) is 12.1 Å². The quantitative estimate of drug-likeness (QED) is 0.691. The number of hydrogen-bond donors (Lipinski definition) is 2. The van der Waals surface area contributed by atoms with Crippen LogP contribution in [0.2, 0.25) is 0 Å². The molecule has 2 nitrogen and oxygen atoms in total. The molecule has 0 unspecified atom stereocenters. The molecule has 0 bridgehead atoms. The maximum Gasteiger partial charge on any atom is 0.124 e. The van der Waals surface area contributed by atoms with Gasteiger partial charge >= 0.3 is 0 Å². The average Bonchev–Trinajstić information content (AvgIpc) is 2.47. The van der Waals surface area contributed by atoms with Crippen LogP contribution in [0.3, 0.4) is 0 Å². The maximum absolute atomic E-state index is 12.9. The van der Waals surface area contributed by atoms with E-state index in [2.05, 4.69) is 4.98 Å². The van der Waals surface area contributed by atoms with Gasteiger partial charge in [-0.2, -0.15) is 0 Å². The van der Waals surface area contributed by atoms with Gasteiger partial charge in [0.25, 0.3) is 0 Å². The van der Waals surface area contributed by atoms with E-state index in [4.69, 9.17) is 5.11 Å². The van der Waals surface area contributed by atoms with Crippen molar-refractivity contribution in [3.63, 3.8) is 0 Å². The Bertz CT molecular complexity index is 447. The van der Waals surface area contributed by atoms with Crippen LogP contribution in [-0.4, -0.2) is 10.1 Å². The van der Waals surface area contributed by atoms with Crippen LogP contribution in [0.4, 0.5) is 4.39 Å². The Kier molecular flexibility index (Phi) is 1.81. The lowest BCUT2D eigenvalue weighted by Gasteiger charge is -1.95. The van der Waals surface area contributed by atoms with E-state index < -0.39 is 0 Å². The number of rotatable bonds is 1. The summed E-state index contributed by atoms with van der Waals surface area (Å²) in [4.78, 5) is 3.02. The number of H-pyrrole nitrogens is 1. The number of aromatic amines is 1. The number of aryl methyl sites for hydroxylation is 1. The summed E-state index contributed by atoms with van der Waals surface area (Å²) in [7, 11) is 0. The first-order valence-electron chi connectivity index (χ1n) is 4.09. The van der Waals surface area contributed by atoms with Gasteiger partial charge in [0.1, 0.15) is 5.82 Å². The van der Waals surface area contributed by atoms with Crippen LogP contribution in [0, 0.1) is 12.7 Å². The highest BCUT2D eigenvalue weighted by Crippen LogP contribution is 2.20. The number of benzene rings is 1. The number of nitrogens with one attached hydrogen (secondary N) is 1. The minimum Gasteiger partial charge on any atom is -0.390 e. The summed E-state index contributed by atoms with van der Waals surface area (Å²) in [5.74, 6) is -0.242. The molecule has 13 heavy (non-hydrogen) atoms. The largest absolute Gasteiger partial charge is 0.390 e. The highest BCUT2D eigenvalue weighted by atomic mass is 19.1. The molecule has 0 atom stereocenters. The molecular formula is C10H10FNO. The molecule has 68 valence electrons. The highest BCUT2D eigenvalue weighted by Gasteiger charge is 2.04. The summed E-state index contributed by atoms with van der Waals surface area (Å²) in [6.07, 6.45) is 0. The van der Waals surface area contributed by atoms with E-state index in [1.807, 2.05) is 6.92 Å². The standard InChI is InChI=1S/C10H10FNO/c1-6-2-8(11)3-7-4-9(5-13)12-10(6)7/h2-4,12-13H,5H2,1H3. The highest BCUT2D eigenvalue weighted by molar-refractivity contribution is 5.83. The fourth-order valence-electron chi connectivity index (χ4n) is 1.52. The van der Waals surface area contributed by atoms with Crippen molar-refractivity contribution in [2.75, 3.05) is 0 Å². The van der Waals surface area contributed by atoms with Crippen LogP contribution >= 0.6 is 0 Å². The van der Waals surface area contributed by atoms with Gasteiger partial charge in [-0.3, -0.25) is 0 Å². The summed E-state index contributed by atoms with van der Waals surface area (Å²) in [6.45, 7) is 1.79. The van der Waals surface area contributed by atoms with E-state index in [0.29, 0.717) is 5.69 Å². The SMILES string of the molecule is Cc1cc(F)cc2cc(CO)[nH]c12. The van der Waals surface area contributed by atoms with Gasteiger partial charge in [0, 0.05) is 16.6 Å². The molecule has 0 aliphatic rings. The normalized spacial score (nSPS) is 11.0. The molecule has 1 heterocycles. The van der Waals surface area contributed by atoms with Crippen LogP contribution in [0.25, 0.3) is 10.9 Å². The van der Waals surface area contributed by atoms with Crippen LogP contribution in [-0.2, 0) is 6.61 Å². The van der Waals surface area contributed by atoms with Gasteiger partial charge in [-0.1, -0.05) is 0 Å². The molecule has 0 radical (unpaired) electrons. The monoisotopic (exact) mass is 179 g/mol. The third-order valence-electron chi connectivity index (χ3n) is 2.12. The summed E-state index contributed by atoms with van der Waals surface area (Å²) >= 11 is 0. The Morgan fingerprint density at radius 2 is 2.15 bits per heavy atom. The van der Waals surface area contributed by atoms with E-state index in [1.54, 1.807) is 6.07 Å². The number of aromatic nitrogens is 1. The van der Waals surface area contributed by atoms with Gasteiger partial charge in [0.05, 0.1) is 6.61 Å². The second kappa shape index (κ2) is 2.85. The van der Waals surface area contributed by atoms with Crippen LogP contribution < -0.4 is 0 Å². The molecule has 0 saturated heterocycles. The number of hydrogen-bond acceptors (Lipinski definition) is 1. The number of halogens is 1. The van der Waals surface area contributed by atoms with E-state index in [-0.39, 0.29) is 12.4 Å². The van der Waals surface area contributed by atoms with Crippen molar-refractivity contribution in [2.24, 2.45) is 0 Å². The number of fused-ring (bicyclic) bond motifs is 1. The number of aliphatic hydroxyl groups excluding tert-OH is 1. The molecule has 3 heteroatoms. The predicted molar refractivity (Wildman–Crippen MR) is 48.9 cm³/mol. The van der Waals surface area contributed by atoms with E-state index >= 15 is 0 Å². The van der Waals surface area contributed by atoms with Crippen molar-refractivity contribution in [1.29, 1.82) is 0 Å². The summed E-state index contributed by atoms with van der Waals surface area (Å²) in [6, 6.07) is 4.68. The predicted octanol–water partition coefficient (Wildman–Crippen LogP) is 2.11. The smallest absolute Gasteiger partial charge is 0.124 e. The number of aliphatic hydroxyl groups is 1. The molecule has 0 aliphatic carbocycles. The lowest BCUT2D eigenvalue weighted by Crippen LogP contribution is -1.81. The molecule has 2 aromatic rings. The molecule has 2 N–H and O–H groups in total. The maximum atomic E-state index is 12.9. The van der Waals surface area contributed by atoms with Crippen molar-refractivity contribution in [2.45, 2.75) is 13.5 Å². The molecule has 0 saturated carbocycles. The zero-order valence-corrected chi connectivity index (χ0v) is 7.26. The Hall–Kier alpha value is -1.35. The Morgan fingerprint density at radius 1 is 1.38 bits per heavy atom. The Labute approximate surface area is 75.0 Å². The first kappa shape index (κ1) is 8.26.